The summed E-state index contributed by atoms with van der Waals surface area (Å²) in [5, 5.41) is 2.34. The van der Waals surface area contributed by atoms with Crippen molar-refractivity contribution in [3.63, 3.8) is 0 Å². The van der Waals surface area contributed by atoms with Crippen molar-refractivity contribution in [1.29, 1.82) is 0 Å². The van der Waals surface area contributed by atoms with E-state index in [0.717, 1.165) is 0 Å². The van der Waals surface area contributed by atoms with Crippen molar-refractivity contribution in [3.05, 3.63) is 30.1 Å². The summed E-state index contributed by atoms with van der Waals surface area (Å²) >= 11 is 0. The Morgan fingerprint density at radius 1 is 1.39 bits per heavy atom. The van der Waals surface area contributed by atoms with Gasteiger partial charge in [-0.1, -0.05) is 13.8 Å². The molecule has 0 aliphatic heterocycles. The minimum atomic E-state index is -0.786. The maximum atomic E-state index is 11.5. The lowest BCUT2D eigenvalue weighted by Gasteiger charge is -2.06. The molecule has 0 unspecified atom stereocenters. The standard InChI is InChI=1S/C12H14N2O4/c1-8(2)12(17)18-10(15)7-14-11(16)9-4-3-5-13-6-9/h3-6,8H,7H2,1-2H3,(H,14,16). The highest BCUT2D eigenvalue weighted by molar-refractivity contribution is 5.96. The second-order valence-electron chi connectivity index (χ2n) is 3.87. The summed E-state index contributed by atoms with van der Waals surface area (Å²) < 4.78 is 4.49. The van der Waals surface area contributed by atoms with Crippen LogP contribution in [-0.4, -0.2) is 29.4 Å². The Bertz CT molecular complexity index is 443. The quantitative estimate of drug-likeness (QED) is 0.622. The minimum absolute atomic E-state index is 0.334. The molecule has 0 aliphatic carbocycles. The van der Waals surface area contributed by atoms with Gasteiger partial charge in [-0.05, 0) is 12.1 Å². The van der Waals surface area contributed by atoms with Gasteiger partial charge in [0, 0.05) is 12.4 Å². The highest BCUT2D eigenvalue weighted by Crippen LogP contribution is 1.97. The predicted octanol–water partition coefficient (Wildman–Crippen LogP) is 0.537. The van der Waals surface area contributed by atoms with Crippen LogP contribution >= 0.6 is 0 Å². The lowest BCUT2D eigenvalue weighted by atomic mass is 10.2. The molecule has 0 spiro atoms. The van der Waals surface area contributed by atoms with Gasteiger partial charge in [-0.25, -0.2) is 4.79 Å². The summed E-state index contributed by atoms with van der Waals surface area (Å²) in [7, 11) is 0. The molecule has 0 saturated carbocycles. The Kier molecular flexibility index (Phi) is 4.98. The van der Waals surface area contributed by atoms with Gasteiger partial charge in [0.2, 0.25) is 0 Å². The van der Waals surface area contributed by atoms with Crippen molar-refractivity contribution in [1.82, 2.24) is 10.3 Å². The van der Waals surface area contributed by atoms with Crippen LogP contribution in [0.2, 0.25) is 0 Å². The molecule has 6 heteroatoms. The molecule has 0 aromatic carbocycles. The Hall–Kier alpha value is -2.24. The van der Waals surface area contributed by atoms with Crippen LogP contribution in [0.5, 0.6) is 0 Å². The number of pyridine rings is 1. The molecule has 0 saturated heterocycles. The summed E-state index contributed by atoms with van der Waals surface area (Å²) in [5.41, 5.74) is 0.334. The SMILES string of the molecule is CC(C)C(=O)OC(=O)CNC(=O)c1cccnc1. The number of ether oxygens (including phenoxy) is 1. The second kappa shape index (κ2) is 6.48. The maximum Gasteiger partial charge on any atom is 0.333 e. The molecule has 0 atom stereocenters. The molecule has 1 N–H and O–H groups in total. The van der Waals surface area contributed by atoms with Crippen molar-refractivity contribution in [2.45, 2.75) is 13.8 Å². The Morgan fingerprint density at radius 2 is 2.11 bits per heavy atom. The summed E-state index contributed by atoms with van der Waals surface area (Å²) in [5.74, 6) is -2.23. The number of rotatable bonds is 4. The summed E-state index contributed by atoms with van der Waals surface area (Å²) in [6.07, 6.45) is 2.91. The third kappa shape index (κ3) is 4.32. The number of hydrogen-bond donors (Lipinski definition) is 1. The van der Waals surface area contributed by atoms with Crippen molar-refractivity contribution in [3.8, 4) is 0 Å². The van der Waals surface area contributed by atoms with Crippen LogP contribution in [0.25, 0.3) is 0 Å². The number of aromatic nitrogens is 1. The van der Waals surface area contributed by atoms with Crippen molar-refractivity contribution < 1.29 is 19.1 Å². The topological polar surface area (TPSA) is 85.4 Å². The highest BCUT2D eigenvalue weighted by atomic mass is 16.6. The van der Waals surface area contributed by atoms with E-state index in [1.54, 1.807) is 26.0 Å². The molecular weight excluding hydrogens is 236 g/mol. The average Bonchev–Trinajstić information content (AvgIpc) is 2.36. The van der Waals surface area contributed by atoms with Crippen molar-refractivity contribution in [2.75, 3.05) is 6.54 Å². The fraction of sp³-hybridized carbons (Fsp3) is 0.333. The van der Waals surface area contributed by atoms with Gasteiger partial charge in [-0.15, -0.1) is 0 Å². The van der Waals surface area contributed by atoms with Gasteiger partial charge >= 0.3 is 11.9 Å². The molecule has 1 rings (SSSR count). The zero-order chi connectivity index (χ0) is 13.5. The third-order valence-electron chi connectivity index (χ3n) is 2.00. The number of hydrogen-bond acceptors (Lipinski definition) is 5. The lowest BCUT2D eigenvalue weighted by molar-refractivity contribution is -0.161. The van der Waals surface area contributed by atoms with E-state index in [1.165, 1.54) is 12.4 Å². The molecule has 0 aliphatic rings. The van der Waals surface area contributed by atoms with Crippen LogP contribution in [0.3, 0.4) is 0 Å². The molecule has 96 valence electrons. The van der Waals surface area contributed by atoms with E-state index < -0.39 is 17.8 Å². The molecular formula is C12H14N2O4. The van der Waals surface area contributed by atoms with Gasteiger partial charge in [0.1, 0.15) is 6.54 Å². The van der Waals surface area contributed by atoms with E-state index in [2.05, 4.69) is 15.0 Å². The number of nitrogens with one attached hydrogen (secondary N) is 1. The number of nitrogens with zero attached hydrogens (tertiary/aromatic N) is 1. The number of carbonyl (C=O) groups is 3. The summed E-state index contributed by atoms with van der Waals surface area (Å²) in [6.45, 7) is 2.87. The average molecular weight is 250 g/mol. The van der Waals surface area contributed by atoms with Gasteiger partial charge < -0.3 is 10.1 Å². The van der Waals surface area contributed by atoms with E-state index in [0.29, 0.717) is 5.56 Å². The van der Waals surface area contributed by atoms with Gasteiger partial charge in [0.15, 0.2) is 0 Å². The number of carbonyl (C=O) groups excluding carboxylic acids is 3. The van der Waals surface area contributed by atoms with E-state index in [4.69, 9.17) is 0 Å². The molecule has 6 nitrogen and oxygen atoms in total. The van der Waals surface area contributed by atoms with Gasteiger partial charge in [0.25, 0.3) is 5.91 Å². The summed E-state index contributed by atoms with van der Waals surface area (Å²) in [4.78, 5) is 37.6. The molecule has 1 aromatic rings. The monoisotopic (exact) mass is 250 g/mol. The minimum Gasteiger partial charge on any atom is -0.392 e. The first-order valence-electron chi connectivity index (χ1n) is 5.43. The Labute approximate surface area is 104 Å². The fourth-order valence-electron chi connectivity index (χ4n) is 1.02. The largest absolute Gasteiger partial charge is 0.392 e. The van der Waals surface area contributed by atoms with Crippen LogP contribution in [-0.2, 0) is 14.3 Å². The number of amides is 1. The third-order valence-corrected chi connectivity index (χ3v) is 2.00. The zero-order valence-electron chi connectivity index (χ0n) is 10.2. The van der Waals surface area contributed by atoms with Gasteiger partial charge in [0.05, 0.1) is 11.5 Å². The molecule has 0 fully saturated rings. The van der Waals surface area contributed by atoms with E-state index in [-0.39, 0.29) is 12.5 Å². The van der Waals surface area contributed by atoms with Gasteiger partial charge in [-0.2, -0.15) is 0 Å². The first kappa shape index (κ1) is 13.8. The predicted molar refractivity (Wildman–Crippen MR) is 62.5 cm³/mol. The van der Waals surface area contributed by atoms with Crippen LogP contribution in [0.1, 0.15) is 24.2 Å². The molecule has 0 bridgehead atoms. The molecule has 0 radical (unpaired) electrons. The zero-order valence-corrected chi connectivity index (χ0v) is 10.2. The van der Waals surface area contributed by atoms with Gasteiger partial charge in [-0.3, -0.25) is 14.6 Å². The molecule has 1 amide bonds. The Balaban J connectivity index is 2.40. The number of esters is 2. The van der Waals surface area contributed by atoms with Crippen LogP contribution in [0.15, 0.2) is 24.5 Å². The van der Waals surface area contributed by atoms with E-state index >= 15 is 0 Å². The molecule has 1 heterocycles. The van der Waals surface area contributed by atoms with Crippen LogP contribution in [0.4, 0.5) is 0 Å². The van der Waals surface area contributed by atoms with E-state index in [9.17, 15) is 14.4 Å². The first-order chi connectivity index (χ1) is 8.50. The molecule has 18 heavy (non-hydrogen) atoms. The smallest absolute Gasteiger partial charge is 0.333 e. The maximum absolute atomic E-state index is 11.5. The molecule has 1 aromatic heterocycles. The first-order valence-corrected chi connectivity index (χ1v) is 5.43. The van der Waals surface area contributed by atoms with Crippen molar-refractivity contribution in [2.24, 2.45) is 5.92 Å². The Morgan fingerprint density at radius 3 is 2.67 bits per heavy atom. The lowest BCUT2D eigenvalue weighted by Crippen LogP contribution is -2.32. The van der Waals surface area contributed by atoms with E-state index in [1.807, 2.05) is 0 Å². The van der Waals surface area contributed by atoms with Crippen molar-refractivity contribution >= 4 is 17.8 Å². The van der Waals surface area contributed by atoms with Crippen LogP contribution in [0, 0.1) is 5.92 Å². The summed E-state index contributed by atoms with van der Waals surface area (Å²) in [6, 6.07) is 3.17. The second-order valence-corrected chi connectivity index (χ2v) is 3.87. The normalized spacial score (nSPS) is 9.94. The van der Waals surface area contributed by atoms with Crippen LogP contribution < -0.4 is 5.32 Å². The highest BCUT2D eigenvalue weighted by Gasteiger charge is 2.15. The fourth-order valence-corrected chi connectivity index (χ4v) is 1.02.